The van der Waals surface area contributed by atoms with Crippen molar-refractivity contribution in [2.24, 2.45) is 0 Å². The molecule has 0 amide bonds. The average Bonchev–Trinajstić information content (AvgIpc) is 2.78. The minimum Gasteiger partial charge on any atom is -0.377 e. The van der Waals surface area contributed by atoms with Crippen LogP contribution in [-0.4, -0.2) is 48.4 Å². The molecule has 18 heavy (non-hydrogen) atoms. The zero-order valence-electron chi connectivity index (χ0n) is 10.8. The van der Waals surface area contributed by atoms with Crippen LogP contribution in [0.1, 0.15) is 18.4 Å². The van der Waals surface area contributed by atoms with Crippen LogP contribution in [0.2, 0.25) is 0 Å². The number of nitrogens with zero attached hydrogens (tertiary/aromatic N) is 2. The quantitative estimate of drug-likeness (QED) is 0.811. The third-order valence-corrected chi connectivity index (χ3v) is 3.99. The maximum Gasteiger partial charge on any atom is 0.100 e. The van der Waals surface area contributed by atoms with E-state index >= 15 is 0 Å². The Morgan fingerprint density at radius 2 is 2.50 bits per heavy atom. The normalized spacial score (nSPS) is 32.4. The van der Waals surface area contributed by atoms with Crippen LogP contribution in [-0.2, 0) is 16.0 Å². The molecule has 2 saturated heterocycles. The maximum absolute atomic E-state index is 5.89. The highest BCUT2D eigenvalue weighted by Gasteiger charge is 2.43. The molecule has 3 atom stereocenters. The van der Waals surface area contributed by atoms with E-state index in [1.54, 1.807) is 7.11 Å². The summed E-state index contributed by atoms with van der Waals surface area (Å²) in [6, 6.07) is 4.63. The Morgan fingerprint density at radius 3 is 3.28 bits per heavy atom. The molecule has 4 heteroatoms. The molecule has 1 aromatic heterocycles. The molecule has 2 aliphatic heterocycles. The number of pyridine rings is 1. The van der Waals surface area contributed by atoms with Crippen LogP contribution < -0.4 is 0 Å². The van der Waals surface area contributed by atoms with Crippen molar-refractivity contribution >= 4 is 0 Å². The van der Waals surface area contributed by atoms with Crippen molar-refractivity contribution in [2.75, 3.05) is 20.3 Å². The lowest BCUT2D eigenvalue weighted by atomic mass is 10.0. The monoisotopic (exact) mass is 248 g/mol. The topological polar surface area (TPSA) is 34.6 Å². The molecule has 0 N–H and O–H groups in total. The van der Waals surface area contributed by atoms with E-state index in [-0.39, 0.29) is 12.2 Å². The van der Waals surface area contributed by atoms with Gasteiger partial charge in [-0.1, -0.05) is 6.07 Å². The first-order valence-corrected chi connectivity index (χ1v) is 6.66. The molecular weight excluding hydrogens is 228 g/mol. The zero-order valence-corrected chi connectivity index (χ0v) is 10.8. The van der Waals surface area contributed by atoms with Crippen LogP contribution in [0.3, 0.4) is 0 Å². The maximum atomic E-state index is 5.89. The smallest absolute Gasteiger partial charge is 0.100 e. The van der Waals surface area contributed by atoms with Crippen LogP contribution >= 0.6 is 0 Å². The van der Waals surface area contributed by atoms with E-state index in [9.17, 15) is 0 Å². The summed E-state index contributed by atoms with van der Waals surface area (Å²) in [4.78, 5) is 6.66. The number of rotatable bonds is 3. The summed E-state index contributed by atoms with van der Waals surface area (Å²) in [7, 11) is 1.78. The van der Waals surface area contributed by atoms with Crippen LogP contribution in [0.5, 0.6) is 0 Å². The molecule has 2 aliphatic rings. The SMILES string of the molecule is CO[C@H]1CN(Cc2cccnc2)[C@@H]2CCCO[C@H]12. The third kappa shape index (κ3) is 2.28. The molecule has 2 fully saturated rings. The second-order valence-electron chi connectivity index (χ2n) is 5.11. The molecule has 0 unspecified atom stereocenters. The van der Waals surface area contributed by atoms with Gasteiger partial charge in [-0.15, -0.1) is 0 Å². The fourth-order valence-corrected chi connectivity index (χ4v) is 3.12. The van der Waals surface area contributed by atoms with Gasteiger partial charge in [0.15, 0.2) is 0 Å². The number of fused-ring (bicyclic) bond motifs is 1. The van der Waals surface area contributed by atoms with E-state index in [1.807, 2.05) is 18.5 Å². The standard InChI is InChI=1S/C14H20N2O2/c1-17-13-10-16(9-11-4-2-6-15-8-11)12-5-3-7-18-14(12)13/h2,4,6,8,12-14H,3,5,7,9-10H2,1H3/t12-,13+,14+/m1/s1. The Kier molecular flexibility index (Phi) is 3.59. The molecule has 98 valence electrons. The number of hydrogen-bond acceptors (Lipinski definition) is 4. The van der Waals surface area contributed by atoms with Crippen LogP contribution in [0.4, 0.5) is 0 Å². The van der Waals surface area contributed by atoms with E-state index in [0.717, 1.165) is 26.1 Å². The van der Waals surface area contributed by atoms with Crippen LogP contribution in [0, 0.1) is 0 Å². The molecule has 0 bridgehead atoms. The molecule has 3 heterocycles. The fraction of sp³-hybridized carbons (Fsp3) is 0.643. The van der Waals surface area contributed by atoms with Crippen molar-refractivity contribution < 1.29 is 9.47 Å². The zero-order chi connectivity index (χ0) is 12.4. The second kappa shape index (κ2) is 5.34. The Morgan fingerprint density at radius 1 is 1.56 bits per heavy atom. The molecule has 3 rings (SSSR count). The van der Waals surface area contributed by atoms with Gasteiger partial charge in [0.1, 0.15) is 6.10 Å². The molecule has 1 aromatic rings. The lowest BCUT2D eigenvalue weighted by Crippen LogP contribution is -2.41. The summed E-state index contributed by atoms with van der Waals surface area (Å²) in [5.74, 6) is 0. The van der Waals surface area contributed by atoms with Gasteiger partial charge in [0.2, 0.25) is 0 Å². The molecular formula is C14H20N2O2. The number of likely N-dealkylation sites (tertiary alicyclic amines) is 1. The van der Waals surface area contributed by atoms with Crippen LogP contribution in [0.25, 0.3) is 0 Å². The average molecular weight is 248 g/mol. The molecule has 0 radical (unpaired) electrons. The van der Waals surface area contributed by atoms with E-state index in [2.05, 4.69) is 16.0 Å². The van der Waals surface area contributed by atoms with Gasteiger partial charge in [-0.25, -0.2) is 0 Å². The first kappa shape index (κ1) is 12.1. The van der Waals surface area contributed by atoms with Gasteiger partial charge in [-0.3, -0.25) is 9.88 Å². The van der Waals surface area contributed by atoms with Crippen molar-refractivity contribution in [1.29, 1.82) is 0 Å². The van der Waals surface area contributed by atoms with Gasteiger partial charge in [-0.2, -0.15) is 0 Å². The van der Waals surface area contributed by atoms with Crippen molar-refractivity contribution in [3.05, 3.63) is 30.1 Å². The molecule has 0 aliphatic carbocycles. The first-order valence-electron chi connectivity index (χ1n) is 6.66. The Bertz CT molecular complexity index is 385. The minimum absolute atomic E-state index is 0.215. The number of hydrogen-bond donors (Lipinski definition) is 0. The Hall–Kier alpha value is -0.970. The van der Waals surface area contributed by atoms with Gasteiger partial charge >= 0.3 is 0 Å². The lowest BCUT2D eigenvalue weighted by molar-refractivity contribution is -0.0655. The highest BCUT2D eigenvalue weighted by Crippen LogP contribution is 2.31. The summed E-state index contributed by atoms with van der Waals surface area (Å²) < 4.78 is 11.5. The second-order valence-corrected chi connectivity index (χ2v) is 5.11. The van der Waals surface area contributed by atoms with Crippen molar-refractivity contribution in [3.8, 4) is 0 Å². The van der Waals surface area contributed by atoms with Gasteiger partial charge in [-0.05, 0) is 24.5 Å². The molecule has 0 aromatic carbocycles. The highest BCUT2D eigenvalue weighted by atomic mass is 16.5. The molecule has 0 saturated carbocycles. The highest BCUT2D eigenvalue weighted by molar-refractivity contribution is 5.10. The van der Waals surface area contributed by atoms with Gasteiger partial charge in [0, 0.05) is 45.2 Å². The van der Waals surface area contributed by atoms with Crippen molar-refractivity contribution in [2.45, 2.75) is 37.6 Å². The van der Waals surface area contributed by atoms with Gasteiger partial charge in [0.25, 0.3) is 0 Å². The van der Waals surface area contributed by atoms with E-state index in [1.165, 1.54) is 12.0 Å². The largest absolute Gasteiger partial charge is 0.377 e. The predicted octanol–water partition coefficient (Wildman–Crippen LogP) is 1.46. The number of methoxy groups -OCH3 is 1. The van der Waals surface area contributed by atoms with E-state index in [4.69, 9.17) is 9.47 Å². The molecule has 4 nitrogen and oxygen atoms in total. The van der Waals surface area contributed by atoms with E-state index in [0.29, 0.717) is 6.04 Å². The fourth-order valence-electron chi connectivity index (χ4n) is 3.12. The summed E-state index contributed by atoms with van der Waals surface area (Å²) in [5, 5.41) is 0. The summed E-state index contributed by atoms with van der Waals surface area (Å²) in [6.45, 7) is 2.78. The van der Waals surface area contributed by atoms with Gasteiger partial charge in [0.05, 0.1) is 6.10 Å². The summed E-state index contributed by atoms with van der Waals surface area (Å²) in [5.41, 5.74) is 1.26. The summed E-state index contributed by atoms with van der Waals surface area (Å²) in [6.07, 6.45) is 6.59. The van der Waals surface area contributed by atoms with Gasteiger partial charge < -0.3 is 9.47 Å². The molecule has 0 spiro atoms. The Labute approximate surface area is 108 Å². The third-order valence-electron chi connectivity index (χ3n) is 3.99. The van der Waals surface area contributed by atoms with Crippen LogP contribution in [0.15, 0.2) is 24.5 Å². The minimum atomic E-state index is 0.215. The number of ether oxygens (including phenoxy) is 2. The summed E-state index contributed by atoms with van der Waals surface area (Å²) >= 11 is 0. The first-order chi connectivity index (χ1) is 8.88. The van der Waals surface area contributed by atoms with Crippen molar-refractivity contribution in [3.63, 3.8) is 0 Å². The predicted molar refractivity (Wildman–Crippen MR) is 68.2 cm³/mol. The van der Waals surface area contributed by atoms with E-state index < -0.39 is 0 Å². The van der Waals surface area contributed by atoms with Crippen molar-refractivity contribution in [1.82, 2.24) is 9.88 Å². The Balaban J connectivity index is 1.72. The lowest BCUT2D eigenvalue weighted by Gasteiger charge is -2.32. The number of aromatic nitrogens is 1.